The summed E-state index contributed by atoms with van der Waals surface area (Å²) in [5.74, 6) is 0.578. The standard InChI is InChI=1S/C21H25N3O2/c1-3-10-24(21(26)4-2)11-9-15-12-16-5-6-17(14-18(16)13-15)19-7-8-20(25)23-22-19/h4-8,14-15H,2-3,9-13H2,1H3,(H,23,25). The zero-order valence-corrected chi connectivity index (χ0v) is 15.2. The van der Waals surface area contributed by atoms with Gasteiger partial charge >= 0.3 is 0 Å². The molecule has 0 spiro atoms. The molecule has 1 unspecified atom stereocenters. The topological polar surface area (TPSA) is 66.1 Å². The molecule has 1 aliphatic carbocycles. The highest BCUT2D eigenvalue weighted by atomic mass is 16.2. The summed E-state index contributed by atoms with van der Waals surface area (Å²) in [5, 5.41) is 6.60. The van der Waals surface area contributed by atoms with Crippen LogP contribution in [0.15, 0.2) is 47.8 Å². The number of rotatable bonds is 7. The molecule has 3 rings (SSSR count). The second kappa shape index (κ2) is 8.13. The molecular weight excluding hydrogens is 326 g/mol. The van der Waals surface area contributed by atoms with Crippen LogP contribution in [0, 0.1) is 5.92 Å². The number of nitrogens with zero attached hydrogens (tertiary/aromatic N) is 2. The van der Waals surface area contributed by atoms with Crippen molar-refractivity contribution in [2.24, 2.45) is 5.92 Å². The van der Waals surface area contributed by atoms with Gasteiger partial charge in [-0.3, -0.25) is 9.59 Å². The summed E-state index contributed by atoms with van der Waals surface area (Å²) < 4.78 is 0. The number of fused-ring (bicyclic) bond motifs is 1. The first-order valence-corrected chi connectivity index (χ1v) is 9.20. The molecule has 1 heterocycles. The van der Waals surface area contributed by atoms with Crippen LogP contribution in [0.1, 0.15) is 30.9 Å². The summed E-state index contributed by atoms with van der Waals surface area (Å²) in [4.78, 5) is 25.0. The molecule has 2 aromatic rings. The van der Waals surface area contributed by atoms with Crippen LogP contribution in [0.4, 0.5) is 0 Å². The maximum Gasteiger partial charge on any atom is 0.264 e. The molecule has 136 valence electrons. The molecule has 5 nitrogen and oxygen atoms in total. The van der Waals surface area contributed by atoms with E-state index < -0.39 is 0 Å². The Balaban J connectivity index is 1.65. The van der Waals surface area contributed by atoms with Crippen molar-refractivity contribution in [2.75, 3.05) is 13.1 Å². The van der Waals surface area contributed by atoms with E-state index in [0.29, 0.717) is 5.92 Å². The maximum atomic E-state index is 11.9. The van der Waals surface area contributed by atoms with Gasteiger partial charge in [-0.05, 0) is 60.9 Å². The highest BCUT2D eigenvalue weighted by molar-refractivity contribution is 5.86. The second-order valence-corrected chi connectivity index (χ2v) is 6.88. The average molecular weight is 351 g/mol. The van der Waals surface area contributed by atoms with Crippen molar-refractivity contribution in [1.82, 2.24) is 15.1 Å². The summed E-state index contributed by atoms with van der Waals surface area (Å²) in [6, 6.07) is 9.64. The van der Waals surface area contributed by atoms with E-state index in [2.05, 4.69) is 41.9 Å². The fourth-order valence-corrected chi connectivity index (χ4v) is 3.65. The maximum absolute atomic E-state index is 11.9. The van der Waals surface area contributed by atoms with Crippen LogP contribution < -0.4 is 5.56 Å². The fraction of sp³-hybridized carbons (Fsp3) is 0.381. The van der Waals surface area contributed by atoms with Gasteiger partial charge in [-0.1, -0.05) is 25.6 Å². The van der Waals surface area contributed by atoms with Gasteiger partial charge < -0.3 is 4.90 Å². The third kappa shape index (κ3) is 4.10. The lowest BCUT2D eigenvalue weighted by molar-refractivity contribution is -0.126. The summed E-state index contributed by atoms with van der Waals surface area (Å²) in [6.45, 7) is 7.25. The smallest absolute Gasteiger partial charge is 0.264 e. The molecular formula is C21H25N3O2. The molecule has 0 bridgehead atoms. The largest absolute Gasteiger partial charge is 0.339 e. The number of carbonyl (C=O) groups is 1. The number of nitrogens with one attached hydrogen (secondary N) is 1. The van der Waals surface area contributed by atoms with Crippen LogP contribution in [0.3, 0.4) is 0 Å². The van der Waals surface area contributed by atoms with Crippen molar-refractivity contribution in [3.05, 3.63) is 64.5 Å². The first-order valence-electron chi connectivity index (χ1n) is 9.20. The number of aromatic nitrogens is 2. The molecule has 1 atom stereocenters. The Morgan fingerprint density at radius 2 is 2.08 bits per heavy atom. The van der Waals surface area contributed by atoms with E-state index in [1.54, 1.807) is 6.07 Å². The van der Waals surface area contributed by atoms with E-state index >= 15 is 0 Å². The van der Waals surface area contributed by atoms with Crippen LogP contribution in [-0.4, -0.2) is 34.1 Å². The van der Waals surface area contributed by atoms with Gasteiger partial charge in [0.1, 0.15) is 0 Å². The Morgan fingerprint density at radius 3 is 2.77 bits per heavy atom. The van der Waals surface area contributed by atoms with Crippen molar-refractivity contribution in [3.8, 4) is 11.3 Å². The predicted molar refractivity (Wildman–Crippen MR) is 103 cm³/mol. The number of benzene rings is 1. The van der Waals surface area contributed by atoms with Crippen molar-refractivity contribution in [1.29, 1.82) is 0 Å². The summed E-state index contributed by atoms with van der Waals surface area (Å²) in [5.41, 5.74) is 4.33. The molecule has 1 aliphatic rings. The van der Waals surface area contributed by atoms with Gasteiger partial charge in [0.25, 0.3) is 5.56 Å². The van der Waals surface area contributed by atoms with E-state index in [-0.39, 0.29) is 11.5 Å². The molecule has 0 aliphatic heterocycles. The Bertz CT molecular complexity index is 836. The minimum Gasteiger partial charge on any atom is -0.339 e. The molecule has 1 aromatic heterocycles. The van der Waals surface area contributed by atoms with Gasteiger partial charge in [-0.25, -0.2) is 5.10 Å². The monoisotopic (exact) mass is 351 g/mol. The molecule has 26 heavy (non-hydrogen) atoms. The third-order valence-electron chi connectivity index (χ3n) is 4.99. The lowest BCUT2D eigenvalue weighted by atomic mass is 10.0. The number of H-pyrrole nitrogens is 1. The van der Waals surface area contributed by atoms with Crippen LogP contribution >= 0.6 is 0 Å². The normalized spacial score (nSPS) is 15.5. The zero-order valence-electron chi connectivity index (χ0n) is 15.2. The van der Waals surface area contributed by atoms with Gasteiger partial charge in [0, 0.05) is 24.7 Å². The summed E-state index contributed by atoms with van der Waals surface area (Å²) in [6.07, 6.45) is 5.44. The van der Waals surface area contributed by atoms with Crippen LogP contribution in [0.2, 0.25) is 0 Å². The molecule has 0 radical (unpaired) electrons. The molecule has 0 fully saturated rings. The number of hydrogen-bond acceptors (Lipinski definition) is 3. The lowest BCUT2D eigenvalue weighted by Crippen LogP contribution is -2.32. The molecule has 1 aromatic carbocycles. The Morgan fingerprint density at radius 1 is 1.27 bits per heavy atom. The van der Waals surface area contributed by atoms with Gasteiger partial charge in [0.05, 0.1) is 5.69 Å². The minimum atomic E-state index is -0.194. The van der Waals surface area contributed by atoms with Gasteiger partial charge in [-0.15, -0.1) is 0 Å². The predicted octanol–water partition coefficient (Wildman–Crippen LogP) is 2.97. The lowest BCUT2D eigenvalue weighted by Gasteiger charge is -2.22. The minimum absolute atomic E-state index is 0.0220. The average Bonchev–Trinajstić information content (AvgIpc) is 3.07. The van der Waals surface area contributed by atoms with E-state index in [1.165, 1.54) is 23.3 Å². The van der Waals surface area contributed by atoms with Gasteiger partial charge in [0.2, 0.25) is 5.91 Å². The summed E-state index contributed by atoms with van der Waals surface area (Å²) >= 11 is 0. The number of amides is 1. The van der Waals surface area contributed by atoms with Crippen molar-refractivity contribution in [2.45, 2.75) is 32.6 Å². The highest BCUT2D eigenvalue weighted by Gasteiger charge is 2.23. The van der Waals surface area contributed by atoms with Gasteiger partial charge in [-0.2, -0.15) is 5.10 Å². The Kier molecular flexibility index (Phi) is 5.66. The zero-order chi connectivity index (χ0) is 18.5. The molecule has 0 saturated carbocycles. The molecule has 1 amide bonds. The molecule has 1 N–H and O–H groups in total. The van der Waals surface area contributed by atoms with Crippen LogP contribution in [0.25, 0.3) is 11.3 Å². The van der Waals surface area contributed by atoms with Crippen LogP contribution in [0.5, 0.6) is 0 Å². The van der Waals surface area contributed by atoms with E-state index in [4.69, 9.17) is 0 Å². The first-order chi connectivity index (χ1) is 12.6. The van der Waals surface area contributed by atoms with E-state index in [1.807, 2.05) is 4.90 Å². The molecule has 5 heteroatoms. The van der Waals surface area contributed by atoms with Crippen molar-refractivity contribution < 1.29 is 4.79 Å². The van der Waals surface area contributed by atoms with Gasteiger partial charge in [0.15, 0.2) is 0 Å². The SMILES string of the molecule is C=CC(=O)N(CCC)CCC1Cc2ccc(-c3ccc(=O)[nH]n3)cc2C1. The van der Waals surface area contributed by atoms with Crippen molar-refractivity contribution >= 4 is 5.91 Å². The third-order valence-corrected chi connectivity index (χ3v) is 4.99. The fourth-order valence-electron chi connectivity index (χ4n) is 3.65. The highest BCUT2D eigenvalue weighted by Crippen LogP contribution is 2.32. The first kappa shape index (κ1) is 18.1. The van der Waals surface area contributed by atoms with E-state index in [9.17, 15) is 9.59 Å². The number of hydrogen-bond donors (Lipinski definition) is 1. The Labute approximate surface area is 153 Å². The summed E-state index contributed by atoms with van der Waals surface area (Å²) in [7, 11) is 0. The van der Waals surface area contributed by atoms with Crippen LogP contribution in [-0.2, 0) is 17.6 Å². The second-order valence-electron chi connectivity index (χ2n) is 6.88. The molecule has 0 saturated heterocycles. The Hall–Kier alpha value is -2.69. The number of aromatic amines is 1. The number of carbonyl (C=O) groups excluding carboxylic acids is 1. The quantitative estimate of drug-likeness (QED) is 0.780. The van der Waals surface area contributed by atoms with E-state index in [0.717, 1.165) is 50.0 Å². The van der Waals surface area contributed by atoms with Crippen molar-refractivity contribution in [3.63, 3.8) is 0 Å².